The van der Waals surface area contributed by atoms with Crippen LogP contribution in [0.15, 0.2) is 46.3 Å². The minimum Gasteiger partial charge on any atom is -0.342 e. The van der Waals surface area contributed by atoms with Crippen molar-refractivity contribution >= 4 is 39.2 Å². The maximum Gasteiger partial charge on any atom is 0.262 e. The zero-order valence-corrected chi connectivity index (χ0v) is 16.1. The Hall–Kier alpha value is -2.12. The van der Waals surface area contributed by atoms with Crippen molar-refractivity contribution in [1.82, 2.24) is 14.5 Å². The fourth-order valence-corrected chi connectivity index (χ4v) is 5.06. The van der Waals surface area contributed by atoms with Gasteiger partial charge in [-0.3, -0.25) is 14.2 Å². The number of fused-ring (bicyclic) bond motifs is 1. The smallest absolute Gasteiger partial charge is 0.262 e. The first kappa shape index (κ1) is 17.3. The van der Waals surface area contributed by atoms with Gasteiger partial charge in [0.25, 0.3) is 5.56 Å². The Balaban J connectivity index is 1.62. The Morgan fingerprint density at radius 1 is 1.23 bits per heavy atom. The lowest BCUT2D eigenvalue weighted by atomic mass is 10.2. The van der Waals surface area contributed by atoms with Crippen molar-refractivity contribution in [3.8, 4) is 10.4 Å². The molecule has 1 aliphatic heterocycles. The Morgan fingerprint density at radius 2 is 1.96 bits per heavy atom. The molecule has 0 spiro atoms. The first-order valence-electron chi connectivity index (χ1n) is 8.60. The van der Waals surface area contributed by atoms with Crippen molar-refractivity contribution in [2.45, 2.75) is 18.0 Å². The summed E-state index contributed by atoms with van der Waals surface area (Å²) in [7, 11) is 1.72. The number of carbonyl (C=O) groups is 1. The molecule has 1 aromatic carbocycles. The predicted octanol–water partition coefficient (Wildman–Crippen LogP) is 3.38. The summed E-state index contributed by atoms with van der Waals surface area (Å²) in [6.07, 6.45) is 2.16. The van der Waals surface area contributed by atoms with Crippen molar-refractivity contribution in [3.63, 3.8) is 0 Å². The van der Waals surface area contributed by atoms with Gasteiger partial charge in [0.2, 0.25) is 5.91 Å². The highest BCUT2D eigenvalue weighted by Gasteiger charge is 2.19. The average molecular weight is 386 g/mol. The van der Waals surface area contributed by atoms with Crippen molar-refractivity contribution in [1.29, 1.82) is 0 Å². The van der Waals surface area contributed by atoms with Crippen LogP contribution < -0.4 is 5.56 Å². The summed E-state index contributed by atoms with van der Waals surface area (Å²) < 4.78 is 1.55. The number of nitrogens with zero attached hydrogens (tertiary/aromatic N) is 3. The Morgan fingerprint density at radius 3 is 2.69 bits per heavy atom. The molecule has 1 aliphatic rings. The fourth-order valence-electron chi connectivity index (χ4n) is 3.10. The minimum absolute atomic E-state index is 0.0652. The van der Waals surface area contributed by atoms with Gasteiger partial charge in [-0.1, -0.05) is 42.1 Å². The lowest BCUT2D eigenvalue weighted by Gasteiger charge is -2.15. The number of benzene rings is 1. The summed E-state index contributed by atoms with van der Waals surface area (Å²) in [5.74, 6) is 0.445. The standard InChI is InChI=1S/C19H19N3O2S2/c1-21-18(24)14-11-15(13-7-3-2-4-8-13)26-17(14)20-19(21)25-12-16(23)22-9-5-6-10-22/h2-4,7-8,11H,5-6,9-10,12H2,1H3. The van der Waals surface area contributed by atoms with Crippen LogP contribution in [0.25, 0.3) is 20.7 Å². The third-order valence-electron chi connectivity index (χ3n) is 4.57. The van der Waals surface area contributed by atoms with Gasteiger partial charge in [-0.2, -0.15) is 0 Å². The molecular weight excluding hydrogens is 366 g/mol. The van der Waals surface area contributed by atoms with E-state index in [4.69, 9.17) is 0 Å². The highest BCUT2D eigenvalue weighted by molar-refractivity contribution is 7.99. The largest absolute Gasteiger partial charge is 0.342 e. The molecule has 1 amide bonds. The second-order valence-electron chi connectivity index (χ2n) is 6.33. The van der Waals surface area contributed by atoms with E-state index in [9.17, 15) is 9.59 Å². The number of aromatic nitrogens is 2. The number of carbonyl (C=O) groups excluding carboxylic acids is 1. The first-order valence-corrected chi connectivity index (χ1v) is 10.4. The van der Waals surface area contributed by atoms with Crippen molar-refractivity contribution in [2.24, 2.45) is 7.05 Å². The second-order valence-corrected chi connectivity index (χ2v) is 8.30. The molecule has 3 aromatic rings. The number of thiophene rings is 1. The fraction of sp³-hybridized carbons (Fsp3) is 0.316. The molecule has 3 heterocycles. The first-order chi connectivity index (χ1) is 12.6. The molecule has 5 nitrogen and oxygen atoms in total. The van der Waals surface area contributed by atoms with Crippen LogP contribution in [0.4, 0.5) is 0 Å². The Labute approximate surface area is 159 Å². The second kappa shape index (κ2) is 7.25. The van der Waals surface area contributed by atoms with Gasteiger partial charge in [-0.15, -0.1) is 11.3 Å². The van der Waals surface area contributed by atoms with Gasteiger partial charge in [-0.05, 0) is 24.5 Å². The summed E-state index contributed by atoms with van der Waals surface area (Å²) >= 11 is 2.86. The molecule has 0 aliphatic carbocycles. The third-order valence-corrected chi connectivity index (χ3v) is 6.67. The van der Waals surface area contributed by atoms with Gasteiger partial charge < -0.3 is 4.90 Å². The Bertz CT molecular complexity index is 1000. The van der Waals surface area contributed by atoms with Crippen LogP contribution in [-0.2, 0) is 11.8 Å². The third kappa shape index (κ3) is 3.29. The molecule has 7 heteroatoms. The molecular formula is C19H19N3O2S2. The maximum atomic E-state index is 12.7. The van der Waals surface area contributed by atoms with E-state index in [2.05, 4.69) is 4.98 Å². The van der Waals surface area contributed by atoms with E-state index in [0.717, 1.165) is 41.2 Å². The van der Waals surface area contributed by atoms with Gasteiger partial charge in [-0.25, -0.2) is 4.98 Å². The molecule has 0 saturated carbocycles. The molecule has 0 atom stereocenters. The lowest BCUT2D eigenvalue weighted by Crippen LogP contribution is -2.29. The van der Waals surface area contributed by atoms with Gasteiger partial charge in [0.1, 0.15) is 4.83 Å². The SMILES string of the molecule is Cn1c(SCC(=O)N2CCCC2)nc2sc(-c3ccccc3)cc2c1=O. The maximum absolute atomic E-state index is 12.7. The van der Waals surface area contributed by atoms with Crippen LogP contribution in [-0.4, -0.2) is 39.2 Å². The van der Waals surface area contributed by atoms with Crippen LogP contribution in [0.5, 0.6) is 0 Å². The average Bonchev–Trinajstić information content (AvgIpc) is 3.34. The van der Waals surface area contributed by atoms with E-state index in [0.29, 0.717) is 16.3 Å². The van der Waals surface area contributed by atoms with Crippen molar-refractivity contribution in [2.75, 3.05) is 18.8 Å². The molecule has 1 fully saturated rings. The van der Waals surface area contributed by atoms with Crippen molar-refractivity contribution < 1.29 is 4.79 Å². The normalized spacial score (nSPS) is 14.3. The van der Waals surface area contributed by atoms with Crippen LogP contribution >= 0.6 is 23.1 Å². The van der Waals surface area contributed by atoms with E-state index in [-0.39, 0.29) is 11.5 Å². The van der Waals surface area contributed by atoms with Crippen molar-refractivity contribution in [3.05, 3.63) is 46.8 Å². The summed E-state index contributed by atoms with van der Waals surface area (Å²) in [6.45, 7) is 1.69. The molecule has 2 aromatic heterocycles. The molecule has 0 N–H and O–H groups in total. The molecule has 1 saturated heterocycles. The monoisotopic (exact) mass is 385 g/mol. The van der Waals surface area contributed by atoms with Crippen LogP contribution in [0.1, 0.15) is 12.8 Å². The summed E-state index contributed by atoms with van der Waals surface area (Å²) in [4.78, 5) is 33.3. The number of amides is 1. The zero-order chi connectivity index (χ0) is 18.1. The van der Waals surface area contributed by atoms with E-state index in [1.54, 1.807) is 11.6 Å². The molecule has 0 radical (unpaired) electrons. The van der Waals surface area contributed by atoms with Gasteiger partial charge in [0, 0.05) is 25.0 Å². The van der Waals surface area contributed by atoms with Gasteiger partial charge in [0.05, 0.1) is 11.1 Å². The van der Waals surface area contributed by atoms with Crippen LogP contribution in [0, 0.1) is 0 Å². The zero-order valence-electron chi connectivity index (χ0n) is 14.5. The number of hydrogen-bond acceptors (Lipinski definition) is 5. The molecule has 0 unspecified atom stereocenters. The van der Waals surface area contributed by atoms with E-state index in [1.807, 2.05) is 41.3 Å². The minimum atomic E-state index is -0.0652. The van der Waals surface area contributed by atoms with E-state index in [1.165, 1.54) is 23.1 Å². The number of hydrogen-bond donors (Lipinski definition) is 0. The quantitative estimate of drug-likeness (QED) is 0.510. The predicted molar refractivity (Wildman–Crippen MR) is 107 cm³/mol. The topological polar surface area (TPSA) is 55.2 Å². The number of rotatable bonds is 4. The number of likely N-dealkylation sites (tertiary alicyclic amines) is 1. The van der Waals surface area contributed by atoms with E-state index < -0.39 is 0 Å². The summed E-state index contributed by atoms with van der Waals surface area (Å²) in [5, 5.41) is 1.23. The molecule has 134 valence electrons. The molecule has 0 bridgehead atoms. The van der Waals surface area contributed by atoms with Crippen LogP contribution in [0.3, 0.4) is 0 Å². The lowest BCUT2D eigenvalue weighted by molar-refractivity contribution is -0.127. The van der Waals surface area contributed by atoms with Gasteiger partial charge >= 0.3 is 0 Å². The highest BCUT2D eigenvalue weighted by atomic mass is 32.2. The molecule has 4 rings (SSSR count). The van der Waals surface area contributed by atoms with Crippen LogP contribution in [0.2, 0.25) is 0 Å². The summed E-state index contributed by atoms with van der Waals surface area (Å²) in [6, 6.07) is 11.9. The number of thioether (sulfide) groups is 1. The van der Waals surface area contributed by atoms with Gasteiger partial charge in [0.15, 0.2) is 5.16 Å². The summed E-state index contributed by atoms with van der Waals surface area (Å²) in [5.41, 5.74) is 1.01. The molecule has 26 heavy (non-hydrogen) atoms. The Kier molecular flexibility index (Phi) is 4.82. The highest BCUT2D eigenvalue weighted by Crippen LogP contribution is 2.32. The van der Waals surface area contributed by atoms with E-state index >= 15 is 0 Å².